The van der Waals surface area contributed by atoms with Crippen LogP contribution in [0.25, 0.3) is 0 Å². The van der Waals surface area contributed by atoms with Crippen molar-refractivity contribution in [2.75, 3.05) is 20.6 Å². The van der Waals surface area contributed by atoms with Crippen molar-refractivity contribution in [1.29, 1.82) is 0 Å². The van der Waals surface area contributed by atoms with Gasteiger partial charge in [0.05, 0.1) is 26.8 Å². The van der Waals surface area contributed by atoms with Crippen LogP contribution in [0.15, 0.2) is 12.3 Å². The molecule has 0 aromatic heterocycles. The number of allylic oxidation sites excluding steroid dienone is 1. The van der Waals surface area contributed by atoms with E-state index in [0.717, 1.165) is 4.48 Å². The van der Waals surface area contributed by atoms with Crippen molar-refractivity contribution in [2.45, 2.75) is 213 Å². The Kier molecular flexibility index (Phi) is 32.0. The lowest BCUT2D eigenvalue weighted by molar-refractivity contribution is -0.839. The zero-order valence-corrected chi connectivity index (χ0v) is 28.2. The van der Waals surface area contributed by atoms with Crippen molar-refractivity contribution in [2.24, 2.45) is 0 Å². The second kappa shape index (κ2) is 32.2. The van der Waals surface area contributed by atoms with Crippen molar-refractivity contribution < 1.29 is 4.48 Å². The predicted molar refractivity (Wildman–Crippen MR) is 181 cm³/mol. The minimum absolute atomic E-state index is 1.07. The van der Waals surface area contributed by atoms with Gasteiger partial charge in [-0.15, -0.1) is 0 Å². The molecule has 0 bridgehead atoms. The molecule has 0 amide bonds. The Hall–Kier alpha value is -0.300. The second-order valence-corrected chi connectivity index (χ2v) is 13.6. The average molecular weight is 549 g/mol. The summed E-state index contributed by atoms with van der Waals surface area (Å²) in [7, 11) is 4.76. The number of rotatable bonds is 33. The van der Waals surface area contributed by atoms with Crippen LogP contribution >= 0.6 is 0 Å². The maximum atomic E-state index is 2.47. The van der Waals surface area contributed by atoms with Gasteiger partial charge in [0.25, 0.3) is 0 Å². The van der Waals surface area contributed by atoms with Crippen LogP contribution in [0.2, 0.25) is 0 Å². The lowest BCUT2D eigenvalue weighted by Gasteiger charge is -2.25. The molecule has 0 spiro atoms. The van der Waals surface area contributed by atoms with Crippen LogP contribution in [0.4, 0.5) is 0 Å². The number of quaternary nitrogens is 1. The van der Waals surface area contributed by atoms with Gasteiger partial charge < -0.3 is 4.48 Å². The van der Waals surface area contributed by atoms with E-state index in [0.29, 0.717) is 0 Å². The predicted octanol–water partition coefficient (Wildman–Crippen LogP) is 13.7. The summed E-state index contributed by atoms with van der Waals surface area (Å²) < 4.78 is 1.07. The molecule has 0 aromatic carbocycles. The van der Waals surface area contributed by atoms with Crippen molar-refractivity contribution in [3.8, 4) is 0 Å². The van der Waals surface area contributed by atoms with Crippen molar-refractivity contribution in [3.05, 3.63) is 12.3 Å². The molecular formula is C38H78N+. The monoisotopic (exact) mass is 549 g/mol. The molecule has 1 nitrogen and oxygen atoms in total. The smallest absolute Gasteiger partial charge is 0.0913 e. The van der Waals surface area contributed by atoms with Gasteiger partial charge in [0.2, 0.25) is 0 Å². The SMILES string of the molecule is CCCCCCCCCCCCCCCCC=C[N+](C)(C)CCCCCCCCCCCCCCCCCC. The van der Waals surface area contributed by atoms with E-state index in [1.54, 1.807) is 0 Å². The Morgan fingerprint density at radius 2 is 0.590 bits per heavy atom. The van der Waals surface area contributed by atoms with Gasteiger partial charge in [0.15, 0.2) is 0 Å². The van der Waals surface area contributed by atoms with Gasteiger partial charge in [0, 0.05) is 0 Å². The summed E-state index contributed by atoms with van der Waals surface area (Å²) in [6, 6.07) is 0. The summed E-state index contributed by atoms with van der Waals surface area (Å²) in [6.45, 7) is 5.91. The minimum atomic E-state index is 1.07. The highest BCUT2D eigenvalue weighted by atomic mass is 15.3. The highest BCUT2D eigenvalue weighted by Gasteiger charge is 2.09. The van der Waals surface area contributed by atoms with Gasteiger partial charge in [-0.2, -0.15) is 0 Å². The van der Waals surface area contributed by atoms with E-state index < -0.39 is 0 Å². The summed E-state index contributed by atoms with van der Waals surface area (Å²) in [6.07, 6.45) is 49.8. The summed E-state index contributed by atoms with van der Waals surface area (Å²) in [5.74, 6) is 0. The van der Waals surface area contributed by atoms with Crippen molar-refractivity contribution >= 4 is 0 Å². The third-order valence-corrected chi connectivity index (χ3v) is 8.82. The molecule has 0 rings (SSSR count). The normalized spacial score (nSPS) is 12.2. The molecule has 0 heterocycles. The van der Waals surface area contributed by atoms with E-state index >= 15 is 0 Å². The van der Waals surface area contributed by atoms with Crippen LogP contribution in [0.5, 0.6) is 0 Å². The zero-order chi connectivity index (χ0) is 28.5. The van der Waals surface area contributed by atoms with E-state index in [-0.39, 0.29) is 0 Å². The van der Waals surface area contributed by atoms with Gasteiger partial charge in [-0.05, 0) is 31.8 Å². The minimum Gasteiger partial charge on any atom is -0.302 e. The van der Waals surface area contributed by atoms with Crippen molar-refractivity contribution in [3.63, 3.8) is 0 Å². The molecule has 234 valence electrons. The second-order valence-electron chi connectivity index (χ2n) is 13.6. The first-order valence-corrected chi connectivity index (χ1v) is 18.6. The molecule has 39 heavy (non-hydrogen) atoms. The molecule has 0 atom stereocenters. The molecule has 0 saturated heterocycles. The maximum absolute atomic E-state index is 2.47. The first kappa shape index (κ1) is 38.7. The van der Waals surface area contributed by atoms with Gasteiger partial charge in [0.1, 0.15) is 0 Å². The van der Waals surface area contributed by atoms with E-state index in [1.165, 1.54) is 206 Å². The lowest BCUT2D eigenvalue weighted by Crippen LogP contribution is -2.34. The number of unbranched alkanes of at least 4 members (excludes halogenated alkanes) is 29. The molecule has 0 N–H and O–H groups in total. The lowest BCUT2D eigenvalue weighted by atomic mass is 10.0. The van der Waals surface area contributed by atoms with E-state index in [9.17, 15) is 0 Å². The number of hydrogen-bond donors (Lipinski definition) is 0. The van der Waals surface area contributed by atoms with Gasteiger partial charge in [-0.3, -0.25) is 0 Å². The fraction of sp³-hybridized carbons (Fsp3) is 0.947. The molecule has 1 heteroatoms. The van der Waals surface area contributed by atoms with Crippen LogP contribution in [0.3, 0.4) is 0 Å². The fourth-order valence-corrected chi connectivity index (χ4v) is 5.96. The van der Waals surface area contributed by atoms with Gasteiger partial charge >= 0.3 is 0 Å². The van der Waals surface area contributed by atoms with Crippen LogP contribution in [0.1, 0.15) is 213 Å². The van der Waals surface area contributed by atoms with Crippen LogP contribution in [0, 0.1) is 0 Å². The molecule has 0 aliphatic heterocycles. The summed E-state index contributed by atoms with van der Waals surface area (Å²) in [5, 5.41) is 0. The molecular weight excluding hydrogens is 470 g/mol. The average Bonchev–Trinajstić information content (AvgIpc) is 2.92. The third-order valence-electron chi connectivity index (χ3n) is 8.82. The van der Waals surface area contributed by atoms with Gasteiger partial charge in [-0.1, -0.05) is 187 Å². The van der Waals surface area contributed by atoms with E-state index in [2.05, 4.69) is 40.2 Å². The topological polar surface area (TPSA) is 0 Å². The standard InChI is InChI=1S/C38H78N/c1-5-7-9-11-13-15-17-19-21-23-25-27-29-31-33-35-37-39(3,4)38-36-34-32-30-28-26-24-22-20-18-16-14-12-10-8-6-2/h35,37H,5-34,36,38H2,1-4H3/q+1. The molecule has 0 radical (unpaired) electrons. The quantitative estimate of drug-likeness (QED) is 0.0565. The highest BCUT2D eigenvalue weighted by molar-refractivity contribution is 4.74. The summed E-state index contributed by atoms with van der Waals surface area (Å²) >= 11 is 0. The van der Waals surface area contributed by atoms with Gasteiger partial charge in [-0.25, -0.2) is 0 Å². The Morgan fingerprint density at radius 3 is 0.897 bits per heavy atom. The van der Waals surface area contributed by atoms with E-state index in [1.807, 2.05) is 0 Å². The summed E-state index contributed by atoms with van der Waals surface area (Å²) in [5.41, 5.74) is 0. The molecule has 0 unspecified atom stereocenters. The first-order chi connectivity index (χ1) is 19.1. The zero-order valence-electron chi connectivity index (χ0n) is 28.2. The first-order valence-electron chi connectivity index (χ1n) is 18.6. The largest absolute Gasteiger partial charge is 0.302 e. The third kappa shape index (κ3) is 33.8. The molecule has 0 saturated carbocycles. The number of nitrogens with zero attached hydrogens (tertiary/aromatic N) is 1. The summed E-state index contributed by atoms with van der Waals surface area (Å²) in [4.78, 5) is 0. The van der Waals surface area contributed by atoms with Crippen LogP contribution in [-0.4, -0.2) is 25.1 Å². The Labute approximate surface area is 250 Å². The Morgan fingerprint density at radius 1 is 0.333 bits per heavy atom. The fourth-order valence-electron chi connectivity index (χ4n) is 5.96. The van der Waals surface area contributed by atoms with E-state index in [4.69, 9.17) is 0 Å². The van der Waals surface area contributed by atoms with Crippen molar-refractivity contribution in [1.82, 2.24) is 0 Å². The van der Waals surface area contributed by atoms with Crippen LogP contribution < -0.4 is 0 Å². The Balaban J connectivity index is 3.34. The maximum Gasteiger partial charge on any atom is 0.0913 e. The number of hydrogen-bond acceptors (Lipinski definition) is 0. The highest BCUT2D eigenvalue weighted by Crippen LogP contribution is 2.16. The molecule has 0 aromatic rings. The molecule has 0 aliphatic rings. The molecule has 0 aliphatic carbocycles. The Bertz CT molecular complexity index is 465. The van der Waals surface area contributed by atoms with Crippen LogP contribution in [-0.2, 0) is 0 Å². The molecule has 0 fully saturated rings.